The average molecular weight is 629 g/mol. The summed E-state index contributed by atoms with van der Waals surface area (Å²) in [5, 5.41) is 5.71. The Morgan fingerprint density at radius 3 is 2.60 bits per heavy atom. The summed E-state index contributed by atoms with van der Waals surface area (Å²) in [6.45, 7) is 2.08. The van der Waals surface area contributed by atoms with Gasteiger partial charge in [0.1, 0.15) is 9.84 Å². The SMILES string of the molecule is Cc1ccc2nc(-c3ccc(NC(=O)CSc4nc5sc6c(c5c(=O)n4-c4ccc(Cl)cc4)CCCC6)cc3)sc2c1. The van der Waals surface area contributed by atoms with Gasteiger partial charge in [0.05, 0.1) is 27.0 Å². The molecule has 3 aromatic carbocycles. The Morgan fingerprint density at radius 2 is 1.79 bits per heavy atom. The lowest BCUT2D eigenvalue weighted by molar-refractivity contribution is -0.113. The van der Waals surface area contributed by atoms with Crippen molar-refractivity contribution in [1.29, 1.82) is 0 Å². The molecule has 0 spiro atoms. The van der Waals surface area contributed by atoms with Gasteiger partial charge in [-0.3, -0.25) is 14.2 Å². The van der Waals surface area contributed by atoms with E-state index in [0.717, 1.165) is 56.9 Å². The Kier molecular flexibility index (Phi) is 7.35. The molecule has 0 atom stereocenters. The van der Waals surface area contributed by atoms with Crippen LogP contribution in [-0.4, -0.2) is 26.2 Å². The summed E-state index contributed by atoms with van der Waals surface area (Å²) in [5.74, 6) is -0.0685. The van der Waals surface area contributed by atoms with Crippen molar-refractivity contribution in [2.45, 2.75) is 37.8 Å². The Bertz CT molecular complexity index is 2030. The number of anilines is 1. The highest BCUT2D eigenvalue weighted by atomic mass is 35.5. The molecule has 42 heavy (non-hydrogen) atoms. The molecule has 7 rings (SSSR count). The number of thiophene rings is 1. The molecule has 210 valence electrons. The maximum absolute atomic E-state index is 13.9. The van der Waals surface area contributed by atoms with Crippen molar-refractivity contribution in [2.75, 3.05) is 11.1 Å². The molecule has 3 aromatic heterocycles. The van der Waals surface area contributed by atoms with E-state index in [0.29, 0.717) is 26.9 Å². The van der Waals surface area contributed by atoms with E-state index in [9.17, 15) is 9.59 Å². The predicted molar refractivity (Wildman–Crippen MR) is 176 cm³/mol. The normalized spacial score (nSPS) is 13.0. The molecular weight excluding hydrogens is 604 g/mol. The lowest BCUT2D eigenvalue weighted by Crippen LogP contribution is -2.23. The quantitative estimate of drug-likeness (QED) is 0.148. The second-order valence-electron chi connectivity index (χ2n) is 10.3. The molecule has 1 aliphatic rings. The van der Waals surface area contributed by atoms with Gasteiger partial charge < -0.3 is 5.32 Å². The maximum Gasteiger partial charge on any atom is 0.267 e. The van der Waals surface area contributed by atoms with Crippen LogP contribution in [0.3, 0.4) is 0 Å². The highest BCUT2D eigenvalue weighted by Gasteiger charge is 2.23. The second-order valence-corrected chi connectivity index (χ2v) is 13.8. The molecule has 0 fully saturated rings. The van der Waals surface area contributed by atoms with Crippen LogP contribution in [0.4, 0.5) is 5.69 Å². The smallest absolute Gasteiger partial charge is 0.267 e. The van der Waals surface area contributed by atoms with Gasteiger partial charge in [-0.1, -0.05) is 29.4 Å². The van der Waals surface area contributed by atoms with Crippen molar-refractivity contribution in [3.63, 3.8) is 0 Å². The van der Waals surface area contributed by atoms with Gasteiger partial charge in [0.25, 0.3) is 5.56 Å². The number of aromatic nitrogens is 3. The summed E-state index contributed by atoms with van der Waals surface area (Å²) in [4.78, 5) is 38.6. The maximum atomic E-state index is 13.9. The van der Waals surface area contributed by atoms with Crippen molar-refractivity contribution in [2.24, 2.45) is 0 Å². The van der Waals surface area contributed by atoms with E-state index in [1.54, 1.807) is 39.4 Å². The Balaban J connectivity index is 1.12. The number of aryl methyl sites for hydroxylation is 3. The first-order valence-electron chi connectivity index (χ1n) is 13.7. The molecule has 0 bridgehead atoms. The van der Waals surface area contributed by atoms with Crippen molar-refractivity contribution in [3.05, 3.63) is 98.1 Å². The number of benzene rings is 3. The topological polar surface area (TPSA) is 76.9 Å². The van der Waals surface area contributed by atoms with Crippen LogP contribution in [0.25, 0.3) is 36.7 Å². The zero-order chi connectivity index (χ0) is 28.8. The number of rotatable bonds is 6. The van der Waals surface area contributed by atoms with Crippen LogP contribution in [-0.2, 0) is 17.6 Å². The fourth-order valence-electron chi connectivity index (χ4n) is 5.28. The van der Waals surface area contributed by atoms with Crippen LogP contribution in [0, 0.1) is 6.92 Å². The van der Waals surface area contributed by atoms with Crippen molar-refractivity contribution in [3.8, 4) is 16.3 Å². The molecule has 0 aliphatic heterocycles. The summed E-state index contributed by atoms with van der Waals surface area (Å²) in [6.07, 6.45) is 4.10. The van der Waals surface area contributed by atoms with Crippen LogP contribution in [0.15, 0.2) is 76.7 Å². The van der Waals surface area contributed by atoms with E-state index in [1.165, 1.54) is 22.2 Å². The van der Waals surface area contributed by atoms with Crippen LogP contribution in [0.1, 0.15) is 28.8 Å². The zero-order valence-electron chi connectivity index (χ0n) is 22.6. The van der Waals surface area contributed by atoms with Crippen molar-refractivity contribution < 1.29 is 4.79 Å². The van der Waals surface area contributed by atoms with Crippen LogP contribution < -0.4 is 10.9 Å². The minimum absolute atomic E-state index is 0.0924. The summed E-state index contributed by atoms with van der Waals surface area (Å²) < 4.78 is 2.78. The number of hydrogen-bond donors (Lipinski definition) is 1. The zero-order valence-corrected chi connectivity index (χ0v) is 25.9. The van der Waals surface area contributed by atoms with Crippen LogP contribution in [0.5, 0.6) is 0 Å². The summed E-state index contributed by atoms with van der Waals surface area (Å²) >= 11 is 10.7. The number of nitrogens with one attached hydrogen (secondary N) is 1. The highest BCUT2D eigenvalue weighted by molar-refractivity contribution is 7.99. The number of halogens is 1. The monoisotopic (exact) mass is 628 g/mol. The van der Waals surface area contributed by atoms with Crippen LogP contribution in [0.2, 0.25) is 5.02 Å². The third-order valence-electron chi connectivity index (χ3n) is 7.33. The predicted octanol–water partition coefficient (Wildman–Crippen LogP) is 8.30. The fourth-order valence-corrected chi connectivity index (χ4v) is 8.59. The fraction of sp³-hybridized carbons (Fsp3) is 0.188. The minimum Gasteiger partial charge on any atom is -0.325 e. The van der Waals surface area contributed by atoms with E-state index in [-0.39, 0.29) is 17.2 Å². The molecule has 10 heteroatoms. The highest BCUT2D eigenvalue weighted by Crippen LogP contribution is 2.36. The molecule has 6 aromatic rings. The van der Waals surface area contributed by atoms with Crippen molar-refractivity contribution >= 4 is 78.1 Å². The molecule has 6 nitrogen and oxygen atoms in total. The summed E-state index contributed by atoms with van der Waals surface area (Å²) in [6, 6.07) is 21.1. The number of carbonyl (C=O) groups is 1. The molecule has 1 N–H and O–H groups in total. The van der Waals surface area contributed by atoms with Gasteiger partial charge in [-0.05, 0) is 104 Å². The Morgan fingerprint density at radius 1 is 1.00 bits per heavy atom. The van der Waals surface area contributed by atoms with Gasteiger partial charge in [0, 0.05) is 21.2 Å². The van der Waals surface area contributed by atoms with Crippen LogP contribution >= 0.6 is 46.0 Å². The van der Waals surface area contributed by atoms with Gasteiger partial charge in [0.15, 0.2) is 5.16 Å². The van der Waals surface area contributed by atoms with E-state index in [1.807, 2.05) is 42.5 Å². The molecular formula is C32H25ClN4O2S3. The standard InChI is InChI=1S/C32H25ClN4O2S3/c1-18-6-15-24-26(16-18)42-29(35-24)19-7-11-21(12-8-19)34-27(38)17-40-32-36-30-28(23-4-2-3-5-25(23)41-30)31(39)37(32)22-13-9-20(33)10-14-22/h6-16H,2-5,17H2,1H3,(H,34,38). The van der Waals surface area contributed by atoms with Gasteiger partial charge in [0.2, 0.25) is 5.91 Å². The largest absolute Gasteiger partial charge is 0.325 e. The number of nitrogens with zero attached hydrogens (tertiary/aromatic N) is 3. The van der Waals surface area contributed by atoms with Gasteiger partial charge >= 0.3 is 0 Å². The average Bonchev–Trinajstić information content (AvgIpc) is 3.58. The number of hydrogen-bond acceptors (Lipinski definition) is 7. The van der Waals surface area contributed by atoms with Gasteiger partial charge in [-0.25, -0.2) is 9.97 Å². The summed E-state index contributed by atoms with van der Waals surface area (Å²) in [5.41, 5.74) is 5.63. The number of fused-ring (bicyclic) bond motifs is 4. The Labute approximate surface area is 259 Å². The first-order chi connectivity index (χ1) is 20.4. The number of thioether (sulfide) groups is 1. The lowest BCUT2D eigenvalue weighted by Gasteiger charge is -2.14. The molecule has 0 radical (unpaired) electrons. The van der Waals surface area contributed by atoms with Crippen molar-refractivity contribution in [1.82, 2.24) is 14.5 Å². The minimum atomic E-state index is -0.175. The summed E-state index contributed by atoms with van der Waals surface area (Å²) in [7, 11) is 0. The Hall–Kier alpha value is -3.50. The molecule has 0 saturated heterocycles. The van der Waals surface area contributed by atoms with Gasteiger partial charge in [-0.2, -0.15) is 0 Å². The number of thiazole rings is 1. The van der Waals surface area contributed by atoms with E-state index < -0.39 is 0 Å². The number of carbonyl (C=O) groups excluding carboxylic acids is 1. The van der Waals surface area contributed by atoms with E-state index in [4.69, 9.17) is 21.6 Å². The third-order valence-corrected chi connectivity index (χ3v) is 10.8. The molecule has 1 aliphatic carbocycles. The first kappa shape index (κ1) is 27.3. The molecule has 0 saturated carbocycles. The molecule has 0 unspecified atom stereocenters. The van der Waals surface area contributed by atoms with Gasteiger partial charge in [-0.15, -0.1) is 22.7 Å². The first-order valence-corrected chi connectivity index (χ1v) is 16.7. The second kappa shape index (κ2) is 11.3. The van der Waals surface area contributed by atoms with E-state index >= 15 is 0 Å². The molecule has 3 heterocycles. The lowest BCUT2D eigenvalue weighted by atomic mass is 9.97. The number of amides is 1. The molecule has 1 amide bonds. The van der Waals surface area contributed by atoms with E-state index in [2.05, 4.69) is 24.4 Å². The third kappa shape index (κ3) is 5.26.